The van der Waals surface area contributed by atoms with Gasteiger partial charge in [0, 0.05) is 0 Å². The molecule has 0 rings (SSSR count). The monoisotopic (exact) mass is 169 g/mol. The van der Waals surface area contributed by atoms with Crippen molar-refractivity contribution in [2.75, 3.05) is 14.2 Å². The van der Waals surface area contributed by atoms with E-state index in [1.54, 1.807) is 21.1 Å². The molecule has 0 saturated heterocycles. The van der Waals surface area contributed by atoms with Gasteiger partial charge in [-0.25, -0.2) is 0 Å². The molecule has 0 aliphatic carbocycles. The van der Waals surface area contributed by atoms with Crippen LogP contribution in [0.3, 0.4) is 0 Å². The van der Waals surface area contributed by atoms with Crippen molar-refractivity contribution in [3.63, 3.8) is 0 Å². The summed E-state index contributed by atoms with van der Waals surface area (Å²) < 4.78 is 14.6. The zero-order valence-electron chi connectivity index (χ0n) is 5.43. The molecule has 8 heavy (non-hydrogen) atoms. The van der Waals surface area contributed by atoms with Crippen LogP contribution in [0.25, 0.3) is 0 Å². The van der Waals surface area contributed by atoms with Crippen LogP contribution in [-0.4, -0.2) is 20.2 Å². The van der Waals surface area contributed by atoms with Gasteiger partial charge < -0.3 is 0 Å². The molecule has 0 fully saturated rings. The summed E-state index contributed by atoms with van der Waals surface area (Å²) in [5, 5.41) is 0. The van der Waals surface area contributed by atoms with Crippen molar-refractivity contribution in [2.45, 2.75) is 12.9 Å². The van der Waals surface area contributed by atoms with E-state index in [0.717, 1.165) is 0 Å². The maximum atomic E-state index is 4.92. The molecule has 0 heterocycles. The third kappa shape index (κ3) is 2.18. The molecule has 0 amide bonds. The van der Waals surface area contributed by atoms with Crippen molar-refractivity contribution >= 4 is 0 Å². The average molecular weight is 171 g/mol. The van der Waals surface area contributed by atoms with Crippen molar-refractivity contribution < 1.29 is 31.7 Å². The minimum atomic E-state index is -0.819. The molecule has 0 atom stereocenters. The molecule has 45 valence electrons. The standard InChI is InChI=1S/C4H9O3.Zn/c1-4(5,6-2)7-3;/h1-3H3;/q-1;+1. The summed E-state index contributed by atoms with van der Waals surface area (Å²) in [5.41, 5.74) is 0. The summed E-state index contributed by atoms with van der Waals surface area (Å²) in [6, 6.07) is 0. The van der Waals surface area contributed by atoms with Gasteiger partial charge in [-0.1, -0.05) is 0 Å². The second kappa shape index (κ2) is 3.51. The first kappa shape index (κ1) is 8.50. The molecular formula is C4H9O3Zn. The summed E-state index contributed by atoms with van der Waals surface area (Å²) in [6.07, 6.45) is 0. The fourth-order valence-electron chi connectivity index (χ4n) is 0.201. The summed E-state index contributed by atoms with van der Waals surface area (Å²) >= 11 is 0.707. The molecule has 0 bridgehead atoms. The third-order valence-electron chi connectivity index (χ3n) is 1.00. The Morgan fingerprint density at radius 1 is 1.25 bits per heavy atom. The van der Waals surface area contributed by atoms with Crippen LogP contribution in [0.15, 0.2) is 0 Å². The topological polar surface area (TPSA) is 27.7 Å². The molecule has 0 aromatic heterocycles. The van der Waals surface area contributed by atoms with Crippen LogP contribution in [0.5, 0.6) is 0 Å². The molecule has 0 aliphatic heterocycles. The van der Waals surface area contributed by atoms with E-state index >= 15 is 0 Å². The predicted molar refractivity (Wildman–Crippen MR) is 23.5 cm³/mol. The first-order chi connectivity index (χ1) is 3.68. The van der Waals surface area contributed by atoms with Crippen molar-refractivity contribution in [3.8, 4) is 0 Å². The van der Waals surface area contributed by atoms with E-state index in [4.69, 9.17) is 13.0 Å². The molecular weight excluding hydrogens is 161 g/mol. The predicted octanol–water partition coefficient (Wildman–Crippen LogP) is 0.431. The van der Waals surface area contributed by atoms with Gasteiger partial charge in [0.1, 0.15) is 0 Å². The molecule has 0 unspecified atom stereocenters. The SMILES string of the molecule is COC(C)(OC)[O][Zn]. The zero-order chi connectivity index (χ0) is 6.62. The zero-order valence-corrected chi connectivity index (χ0v) is 8.40. The van der Waals surface area contributed by atoms with Crippen molar-refractivity contribution in [2.24, 2.45) is 0 Å². The van der Waals surface area contributed by atoms with Crippen LogP contribution in [-0.2, 0) is 31.7 Å². The number of ether oxygens (including phenoxy) is 2. The van der Waals surface area contributed by atoms with Gasteiger partial charge in [-0.15, -0.1) is 0 Å². The summed E-state index contributed by atoms with van der Waals surface area (Å²) in [4.78, 5) is 0. The van der Waals surface area contributed by atoms with Gasteiger partial charge in [-0.05, 0) is 0 Å². The molecule has 0 aromatic rings. The van der Waals surface area contributed by atoms with E-state index in [0.29, 0.717) is 18.7 Å². The van der Waals surface area contributed by atoms with E-state index in [-0.39, 0.29) is 0 Å². The molecule has 0 radical (unpaired) electrons. The molecule has 4 heteroatoms. The van der Waals surface area contributed by atoms with E-state index in [1.807, 2.05) is 0 Å². The van der Waals surface area contributed by atoms with Crippen molar-refractivity contribution in [1.29, 1.82) is 0 Å². The quantitative estimate of drug-likeness (QED) is 0.454. The first-order valence-electron chi connectivity index (χ1n) is 2.22. The van der Waals surface area contributed by atoms with Gasteiger partial charge in [0.05, 0.1) is 0 Å². The van der Waals surface area contributed by atoms with E-state index in [1.165, 1.54) is 0 Å². The van der Waals surface area contributed by atoms with E-state index < -0.39 is 5.97 Å². The van der Waals surface area contributed by atoms with E-state index in [9.17, 15) is 0 Å². The average Bonchev–Trinajstić information content (AvgIpc) is 1.87. The molecule has 0 aromatic carbocycles. The number of rotatable bonds is 3. The molecule has 0 N–H and O–H groups in total. The molecule has 0 spiro atoms. The fraction of sp³-hybridized carbons (Fsp3) is 1.00. The van der Waals surface area contributed by atoms with Crippen LogP contribution in [0.2, 0.25) is 0 Å². The van der Waals surface area contributed by atoms with Gasteiger partial charge >= 0.3 is 58.8 Å². The normalized spacial score (nSPS) is 12.1. The number of methoxy groups -OCH3 is 2. The summed E-state index contributed by atoms with van der Waals surface area (Å²) in [7, 11) is 3.08. The third-order valence-corrected chi connectivity index (χ3v) is 2.10. The van der Waals surface area contributed by atoms with Gasteiger partial charge in [0.2, 0.25) is 0 Å². The Morgan fingerprint density at radius 2 is 1.62 bits per heavy atom. The summed E-state index contributed by atoms with van der Waals surface area (Å²) in [5.74, 6) is -0.819. The van der Waals surface area contributed by atoms with Crippen molar-refractivity contribution in [1.82, 2.24) is 0 Å². The maximum absolute atomic E-state index is 4.92. The second-order valence-corrected chi connectivity index (χ2v) is 2.02. The number of hydrogen-bond acceptors (Lipinski definition) is 3. The van der Waals surface area contributed by atoms with Crippen LogP contribution < -0.4 is 0 Å². The Kier molecular flexibility index (Phi) is 3.73. The number of hydrogen-bond donors (Lipinski definition) is 0. The van der Waals surface area contributed by atoms with Gasteiger partial charge in [0.25, 0.3) is 0 Å². The van der Waals surface area contributed by atoms with E-state index in [2.05, 4.69) is 0 Å². The van der Waals surface area contributed by atoms with Crippen LogP contribution in [0.1, 0.15) is 6.92 Å². The second-order valence-electron chi connectivity index (χ2n) is 1.41. The van der Waals surface area contributed by atoms with Gasteiger partial charge in [0.15, 0.2) is 0 Å². The Balaban J connectivity index is 3.58. The van der Waals surface area contributed by atoms with Crippen LogP contribution >= 0.6 is 0 Å². The molecule has 0 aliphatic rings. The van der Waals surface area contributed by atoms with Crippen LogP contribution in [0.4, 0.5) is 0 Å². The molecule has 3 nitrogen and oxygen atoms in total. The Labute approximate surface area is 59.4 Å². The Hall–Kier alpha value is 0.503. The first-order valence-corrected chi connectivity index (χ1v) is 3.43. The minimum absolute atomic E-state index is 0.707. The Bertz CT molecular complexity index is 54.0. The van der Waals surface area contributed by atoms with Gasteiger partial charge in [-0.2, -0.15) is 0 Å². The van der Waals surface area contributed by atoms with Crippen molar-refractivity contribution in [3.05, 3.63) is 0 Å². The molecule has 0 saturated carbocycles. The Morgan fingerprint density at radius 3 is 1.62 bits per heavy atom. The fourth-order valence-corrected chi connectivity index (χ4v) is 0.696. The van der Waals surface area contributed by atoms with Crippen LogP contribution in [0, 0.1) is 0 Å². The summed E-state index contributed by atoms with van der Waals surface area (Å²) in [6.45, 7) is 1.72. The van der Waals surface area contributed by atoms with Gasteiger partial charge in [-0.3, -0.25) is 0 Å².